The summed E-state index contributed by atoms with van der Waals surface area (Å²) in [4.78, 5) is 24.5. The molecule has 0 spiro atoms. The summed E-state index contributed by atoms with van der Waals surface area (Å²) in [7, 11) is 0. The van der Waals surface area contributed by atoms with Crippen molar-refractivity contribution in [3.8, 4) is 0 Å². The van der Waals surface area contributed by atoms with Crippen LogP contribution in [0.15, 0.2) is 12.1 Å². The molecule has 27 heavy (non-hydrogen) atoms. The number of aromatic carboxylic acids is 1. The van der Waals surface area contributed by atoms with Gasteiger partial charge in [-0.25, -0.2) is 9.59 Å². The van der Waals surface area contributed by atoms with Gasteiger partial charge in [0.1, 0.15) is 6.61 Å². The van der Waals surface area contributed by atoms with Crippen LogP contribution in [0.1, 0.15) is 78.3 Å². The molecule has 0 amide bonds. The van der Waals surface area contributed by atoms with E-state index in [2.05, 4.69) is 6.92 Å². The Bertz CT molecular complexity index is 634. The Morgan fingerprint density at radius 2 is 1.63 bits per heavy atom. The molecule has 6 nitrogen and oxygen atoms in total. The molecule has 1 rings (SSSR count). The monoisotopic (exact) mass is 380 g/mol. The number of esters is 1. The molecule has 0 atom stereocenters. The Labute approximate surface area is 161 Å². The Kier molecular flexibility index (Phi) is 9.46. The van der Waals surface area contributed by atoms with Gasteiger partial charge in [0.2, 0.25) is 0 Å². The van der Waals surface area contributed by atoms with Gasteiger partial charge in [0, 0.05) is 5.41 Å². The summed E-state index contributed by atoms with van der Waals surface area (Å²) in [5.41, 5.74) is 0.783. The van der Waals surface area contributed by atoms with E-state index in [1.807, 2.05) is 6.92 Å². The first-order chi connectivity index (χ1) is 12.8. The van der Waals surface area contributed by atoms with E-state index in [0.29, 0.717) is 6.42 Å². The molecule has 0 fully saturated rings. The van der Waals surface area contributed by atoms with Gasteiger partial charge in [0.15, 0.2) is 0 Å². The van der Waals surface area contributed by atoms with Crippen LogP contribution in [0.3, 0.4) is 0 Å². The number of carboxylic acid groups (broad SMARTS) is 1. The zero-order valence-corrected chi connectivity index (χ0v) is 16.6. The van der Waals surface area contributed by atoms with Crippen LogP contribution in [-0.4, -0.2) is 47.1 Å². The number of rotatable bonds is 12. The summed E-state index contributed by atoms with van der Waals surface area (Å²) < 4.78 is 5.32. The molecule has 0 bridgehead atoms. The number of benzene rings is 1. The molecule has 1 aromatic carbocycles. The molecule has 0 aliphatic rings. The van der Waals surface area contributed by atoms with Crippen molar-refractivity contribution in [2.75, 3.05) is 19.8 Å². The van der Waals surface area contributed by atoms with Crippen LogP contribution in [0.4, 0.5) is 0 Å². The van der Waals surface area contributed by atoms with E-state index >= 15 is 0 Å². The van der Waals surface area contributed by atoms with Crippen molar-refractivity contribution in [1.29, 1.82) is 0 Å². The molecule has 3 N–H and O–H groups in total. The fraction of sp³-hybridized carbons (Fsp3) is 0.619. The smallest absolute Gasteiger partial charge is 0.339 e. The molecule has 0 heterocycles. The molecule has 0 radical (unpaired) electrons. The molecular formula is C21H32O6. The SMILES string of the molecule is CCCCc1ccc(C(=O)O)c(C(=O)OCC(C)(CO)CO)c1CCCC. The molecule has 0 saturated carbocycles. The van der Waals surface area contributed by atoms with Gasteiger partial charge in [-0.3, -0.25) is 0 Å². The van der Waals surface area contributed by atoms with Crippen LogP contribution in [-0.2, 0) is 17.6 Å². The average Bonchev–Trinajstić information content (AvgIpc) is 2.68. The number of carbonyl (C=O) groups is 2. The van der Waals surface area contributed by atoms with Crippen molar-refractivity contribution >= 4 is 11.9 Å². The quantitative estimate of drug-likeness (QED) is 0.481. The van der Waals surface area contributed by atoms with Gasteiger partial charge in [0.05, 0.1) is 24.3 Å². The van der Waals surface area contributed by atoms with Crippen LogP contribution >= 0.6 is 0 Å². The van der Waals surface area contributed by atoms with E-state index in [4.69, 9.17) is 4.74 Å². The number of unbranched alkanes of at least 4 members (excludes halogenated alkanes) is 2. The summed E-state index contributed by atoms with van der Waals surface area (Å²) in [6, 6.07) is 3.27. The van der Waals surface area contributed by atoms with Crippen molar-refractivity contribution in [1.82, 2.24) is 0 Å². The third-order valence-electron chi connectivity index (χ3n) is 4.74. The predicted octanol–water partition coefficient (Wildman–Crippen LogP) is 3.22. The Balaban J connectivity index is 3.32. The van der Waals surface area contributed by atoms with Gasteiger partial charge in [-0.15, -0.1) is 0 Å². The molecule has 1 aromatic rings. The first-order valence-electron chi connectivity index (χ1n) is 9.60. The maximum absolute atomic E-state index is 12.8. The van der Waals surface area contributed by atoms with Crippen molar-refractivity contribution in [3.05, 3.63) is 34.4 Å². The van der Waals surface area contributed by atoms with E-state index in [9.17, 15) is 24.9 Å². The lowest BCUT2D eigenvalue weighted by Gasteiger charge is -2.24. The van der Waals surface area contributed by atoms with Gasteiger partial charge >= 0.3 is 11.9 Å². The van der Waals surface area contributed by atoms with E-state index in [-0.39, 0.29) is 30.9 Å². The van der Waals surface area contributed by atoms with Crippen molar-refractivity contribution in [2.45, 2.75) is 59.3 Å². The Hall–Kier alpha value is -1.92. The highest BCUT2D eigenvalue weighted by atomic mass is 16.5. The molecule has 0 aromatic heterocycles. The molecule has 152 valence electrons. The second-order valence-corrected chi connectivity index (χ2v) is 7.34. The van der Waals surface area contributed by atoms with E-state index in [0.717, 1.165) is 43.2 Å². The number of carbonyl (C=O) groups excluding carboxylic acids is 1. The fourth-order valence-corrected chi connectivity index (χ4v) is 2.80. The largest absolute Gasteiger partial charge is 0.478 e. The van der Waals surface area contributed by atoms with Crippen molar-refractivity contribution in [2.24, 2.45) is 5.41 Å². The van der Waals surface area contributed by atoms with Crippen LogP contribution in [0.25, 0.3) is 0 Å². The normalized spacial score (nSPS) is 11.4. The van der Waals surface area contributed by atoms with Gasteiger partial charge < -0.3 is 20.1 Å². The second kappa shape index (κ2) is 11.0. The summed E-state index contributed by atoms with van der Waals surface area (Å²) in [6.45, 7) is 4.83. The number of ether oxygens (including phenoxy) is 1. The van der Waals surface area contributed by atoms with Crippen molar-refractivity contribution < 1.29 is 29.6 Å². The Morgan fingerprint density at radius 1 is 1.04 bits per heavy atom. The number of aliphatic hydroxyl groups is 2. The molecular weight excluding hydrogens is 348 g/mol. The van der Waals surface area contributed by atoms with E-state index in [1.54, 1.807) is 13.0 Å². The lowest BCUT2D eigenvalue weighted by atomic mass is 9.89. The zero-order valence-electron chi connectivity index (χ0n) is 16.6. The number of hydrogen-bond acceptors (Lipinski definition) is 5. The standard InChI is InChI=1S/C21H32O6/c1-4-6-8-15-10-11-17(19(24)25)18(16(15)9-7-5-2)20(26)27-14-21(3,12-22)13-23/h10-11,22-23H,4-9,12-14H2,1-3H3,(H,24,25). The van der Waals surface area contributed by atoms with Gasteiger partial charge in [-0.2, -0.15) is 0 Å². The highest BCUT2D eigenvalue weighted by molar-refractivity contribution is 6.03. The number of hydrogen-bond donors (Lipinski definition) is 3. The van der Waals surface area contributed by atoms with Gasteiger partial charge in [0.25, 0.3) is 0 Å². The second-order valence-electron chi connectivity index (χ2n) is 7.34. The van der Waals surface area contributed by atoms with Crippen molar-refractivity contribution in [3.63, 3.8) is 0 Å². The minimum atomic E-state index is -1.17. The van der Waals surface area contributed by atoms with Crippen LogP contribution in [0.2, 0.25) is 0 Å². The zero-order chi connectivity index (χ0) is 20.4. The van der Waals surface area contributed by atoms with Crippen LogP contribution in [0, 0.1) is 5.41 Å². The molecule has 0 unspecified atom stereocenters. The maximum atomic E-state index is 12.8. The van der Waals surface area contributed by atoms with Crippen LogP contribution in [0.5, 0.6) is 0 Å². The van der Waals surface area contributed by atoms with E-state index < -0.39 is 17.4 Å². The van der Waals surface area contributed by atoms with Crippen LogP contribution < -0.4 is 0 Å². The molecule has 0 aliphatic heterocycles. The summed E-state index contributed by atoms with van der Waals surface area (Å²) in [5, 5.41) is 28.3. The number of aryl methyl sites for hydroxylation is 1. The fourth-order valence-electron chi connectivity index (χ4n) is 2.80. The molecule has 0 saturated heterocycles. The summed E-state index contributed by atoms with van der Waals surface area (Å²) in [5.74, 6) is -1.89. The summed E-state index contributed by atoms with van der Waals surface area (Å²) in [6.07, 6.45) is 5.10. The molecule has 6 heteroatoms. The number of carboxylic acids is 1. The van der Waals surface area contributed by atoms with Gasteiger partial charge in [-0.05, 0) is 42.9 Å². The number of aliphatic hydroxyl groups excluding tert-OH is 2. The van der Waals surface area contributed by atoms with Gasteiger partial charge in [-0.1, -0.05) is 39.7 Å². The highest BCUT2D eigenvalue weighted by Gasteiger charge is 2.28. The van der Waals surface area contributed by atoms with E-state index in [1.165, 1.54) is 6.07 Å². The topological polar surface area (TPSA) is 104 Å². The lowest BCUT2D eigenvalue weighted by Crippen LogP contribution is -2.33. The average molecular weight is 380 g/mol. The predicted molar refractivity (Wildman–Crippen MR) is 103 cm³/mol. The molecule has 0 aliphatic carbocycles. The highest BCUT2D eigenvalue weighted by Crippen LogP contribution is 2.26. The minimum Gasteiger partial charge on any atom is -0.478 e. The minimum absolute atomic E-state index is 0.0685. The third kappa shape index (κ3) is 6.33. The third-order valence-corrected chi connectivity index (χ3v) is 4.74. The first kappa shape index (κ1) is 23.1. The Morgan fingerprint density at radius 3 is 2.15 bits per heavy atom. The maximum Gasteiger partial charge on any atom is 0.339 e. The first-order valence-corrected chi connectivity index (χ1v) is 9.60. The summed E-state index contributed by atoms with van der Waals surface area (Å²) >= 11 is 0. The lowest BCUT2D eigenvalue weighted by molar-refractivity contribution is -0.00653.